The number of carbonyl (C=O) groups excluding carboxylic acids is 2. The van der Waals surface area contributed by atoms with Crippen LogP contribution in [0.15, 0.2) is 42.5 Å². The van der Waals surface area contributed by atoms with Gasteiger partial charge in [-0.3, -0.25) is 4.79 Å². The van der Waals surface area contributed by atoms with Crippen LogP contribution in [0, 0.1) is 23.7 Å². The SMILES string of the molecule is O=C([O-])[C@@H]1[C@@H](C(=O)N2CC[NH+](Cc3ccccc3)CC2)[C@@H]2C=C[C@@H]1C2. The molecule has 0 aromatic heterocycles. The summed E-state index contributed by atoms with van der Waals surface area (Å²) in [6.07, 6.45) is 4.77. The number of quaternary nitrogens is 1. The Morgan fingerprint density at radius 3 is 2.32 bits per heavy atom. The molecule has 1 saturated heterocycles. The molecule has 1 aromatic carbocycles. The maximum absolute atomic E-state index is 13.0. The number of piperazine rings is 1. The van der Waals surface area contributed by atoms with Gasteiger partial charge in [0.15, 0.2) is 0 Å². The summed E-state index contributed by atoms with van der Waals surface area (Å²) in [5, 5.41) is 11.5. The van der Waals surface area contributed by atoms with Gasteiger partial charge in [0.1, 0.15) is 6.54 Å². The van der Waals surface area contributed by atoms with E-state index in [4.69, 9.17) is 0 Å². The first-order chi connectivity index (χ1) is 12.1. The van der Waals surface area contributed by atoms with E-state index in [9.17, 15) is 14.7 Å². The number of amides is 1. The van der Waals surface area contributed by atoms with Gasteiger partial charge < -0.3 is 19.7 Å². The minimum atomic E-state index is -1.07. The molecule has 4 atom stereocenters. The first kappa shape index (κ1) is 16.3. The lowest BCUT2D eigenvalue weighted by Crippen LogP contribution is -3.13. The predicted molar refractivity (Wildman–Crippen MR) is 90.1 cm³/mol. The molecule has 1 aromatic rings. The molecule has 5 heteroatoms. The number of fused-ring (bicyclic) bond motifs is 2. The van der Waals surface area contributed by atoms with Gasteiger partial charge in [-0.25, -0.2) is 0 Å². The summed E-state index contributed by atoms with van der Waals surface area (Å²) in [5.41, 5.74) is 1.31. The van der Waals surface area contributed by atoms with Crippen molar-refractivity contribution in [1.82, 2.24) is 4.90 Å². The number of nitrogens with zero attached hydrogens (tertiary/aromatic N) is 1. The lowest BCUT2D eigenvalue weighted by atomic mass is 9.82. The number of carbonyl (C=O) groups is 2. The largest absolute Gasteiger partial charge is 0.550 e. The van der Waals surface area contributed by atoms with E-state index in [1.807, 2.05) is 23.1 Å². The van der Waals surface area contributed by atoms with Crippen molar-refractivity contribution < 1.29 is 19.6 Å². The van der Waals surface area contributed by atoms with Crippen LogP contribution in [0.4, 0.5) is 0 Å². The molecule has 1 saturated carbocycles. The highest BCUT2D eigenvalue weighted by Crippen LogP contribution is 2.48. The average Bonchev–Trinajstić information content (AvgIpc) is 3.24. The van der Waals surface area contributed by atoms with Crippen molar-refractivity contribution in [1.29, 1.82) is 0 Å². The van der Waals surface area contributed by atoms with Crippen molar-refractivity contribution in [3.8, 4) is 0 Å². The Bertz CT molecular complexity index is 679. The summed E-state index contributed by atoms with van der Waals surface area (Å²) in [7, 11) is 0. The van der Waals surface area contributed by atoms with Crippen LogP contribution in [-0.2, 0) is 16.1 Å². The molecular formula is C20H24N2O3. The van der Waals surface area contributed by atoms with Crippen LogP contribution in [0.1, 0.15) is 12.0 Å². The van der Waals surface area contributed by atoms with Crippen molar-refractivity contribution in [3.05, 3.63) is 48.0 Å². The first-order valence-corrected chi connectivity index (χ1v) is 9.19. The summed E-state index contributed by atoms with van der Waals surface area (Å²) >= 11 is 0. The van der Waals surface area contributed by atoms with E-state index in [2.05, 4.69) is 24.3 Å². The maximum Gasteiger partial charge on any atom is 0.227 e. The summed E-state index contributed by atoms with van der Waals surface area (Å²) in [6.45, 7) is 4.21. The number of rotatable bonds is 4. The van der Waals surface area contributed by atoms with Crippen molar-refractivity contribution in [2.24, 2.45) is 23.7 Å². The van der Waals surface area contributed by atoms with Crippen molar-refractivity contribution >= 4 is 11.9 Å². The minimum Gasteiger partial charge on any atom is -0.550 e. The Morgan fingerprint density at radius 2 is 1.68 bits per heavy atom. The minimum absolute atomic E-state index is 0.0183. The molecule has 25 heavy (non-hydrogen) atoms. The van der Waals surface area contributed by atoms with Gasteiger partial charge >= 0.3 is 0 Å². The molecule has 132 valence electrons. The third kappa shape index (κ3) is 3.09. The maximum atomic E-state index is 13.0. The highest BCUT2D eigenvalue weighted by molar-refractivity contribution is 5.86. The fourth-order valence-corrected chi connectivity index (χ4v) is 4.80. The highest BCUT2D eigenvalue weighted by Gasteiger charge is 2.50. The molecular weight excluding hydrogens is 316 g/mol. The zero-order chi connectivity index (χ0) is 17.4. The van der Waals surface area contributed by atoms with E-state index < -0.39 is 17.8 Å². The molecule has 0 spiro atoms. The summed E-state index contributed by atoms with van der Waals surface area (Å²) in [5.74, 6) is -2.05. The fraction of sp³-hybridized carbons (Fsp3) is 0.500. The molecule has 1 heterocycles. The lowest BCUT2D eigenvalue weighted by molar-refractivity contribution is -0.917. The van der Waals surface area contributed by atoms with E-state index in [0.717, 1.165) is 26.1 Å². The number of carboxylic acids is 1. The molecule has 2 fully saturated rings. The zero-order valence-corrected chi connectivity index (χ0v) is 14.3. The lowest BCUT2D eigenvalue weighted by Gasteiger charge is -2.37. The van der Waals surface area contributed by atoms with Gasteiger partial charge in [-0.1, -0.05) is 42.5 Å². The number of aliphatic carboxylic acids is 1. The number of carboxylic acid groups (broad SMARTS) is 1. The molecule has 2 aliphatic carbocycles. The molecule has 3 aliphatic rings. The van der Waals surface area contributed by atoms with E-state index in [1.54, 1.807) is 0 Å². The van der Waals surface area contributed by atoms with E-state index in [-0.39, 0.29) is 17.7 Å². The van der Waals surface area contributed by atoms with Gasteiger partial charge in [0, 0.05) is 17.5 Å². The van der Waals surface area contributed by atoms with E-state index in [0.29, 0.717) is 13.1 Å². The Hall–Kier alpha value is -2.14. The third-order valence-corrected chi connectivity index (χ3v) is 6.10. The Labute approximate surface area is 147 Å². The number of hydrogen-bond donors (Lipinski definition) is 1. The predicted octanol–water partition coefficient (Wildman–Crippen LogP) is -0.898. The van der Waals surface area contributed by atoms with Gasteiger partial charge in [0.05, 0.1) is 32.1 Å². The topological polar surface area (TPSA) is 64.9 Å². The van der Waals surface area contributed by atoms with Crippen LogP contribution in [0.2, 0.25) is 0 Å². The van der Waals surface area contributed by atoms with Crippen LogP contribution in [-0.4, -0.2) is 43.0 Å². The molecule has 0 unspecified atom stereocenters. The van der Waals surface area contributed by atoms with Crippen molar-refractivity contribution in [2.75, 3.05) is 26.2 Å². The zero-order valence-electron chi connectivity index (χ0n) is 14.3. The number of nitrogens with one attached hydrogen (secondary N) is 1. The summed E-state index contributed by atoms with van der Waals surface area (Å²) in [4.78, 5) is 27.8. The number of hydrogen-bond acceptors (Lipinski definition) is 3. The normalized spacial score (nSPS) is 31.4. The van der Waals surface area contributed by atoms with Gasteiger partial charge in [-0.15, -0.1) is 0 Å². The molecule has 5 nitrogen and oxygen atoms in total. The van der Waals surface area contributed by atoms with Crippen molar-refractivity contribution in [3.63, 3.8) is 0 Å². The van der Waals surface area contributed by atoms with Crippen LogP contribution in [0.25, 0.3) is 0 Å². The second-order valence-electron chi connectivity index (χ2n) is 7.56. The average molecular weight is 340 g/mol. The second kappa shape index (κ2) is 6.64. The van der Waals surface area contributed by atoms with E-state index >= 15 is 0 Å². The van der Waals surface area contributed by atoms with Crippen LogP contribution >= 0.6 is 0 Å². The van der Waals surface area contributed by atoms with Gasteiger partial charge in [-0.2, -0.15) is 0 Å². The molecule has 0 radical (unpaired) electrons. The van der Waals surface area contributed by atoms with Gasteiger partial charge in [0.25, 0.3) is 0 Å². The van der Waals surface area contributed by atoms with Crippen LogP contribution in [0.5, 0.6) is 0 Å². The Balaban J connectivity index is 1.37. The number of benzene rings is 1. The molecule has 4 rings (SSSR count). The Morgan fingerprint density at radius 1 is 1.04 bits per heavy atom. The first-order valence-electron chi connectivity index (χ1n) is 9.19. The van der Waals surface area contributed by atoms with Crippen molar-refractivity contribution in [2.45, 2.75) is 13.0 Å². The standard InChI is InChI=1S/C20H24N2O3/c23-19(17-15-6-7-16(12-15)18(17)20(24)25)22-10-8-21(9-11-22)13-14-4-2-1-3-5-14/h1-7,15-18H,8-13H2,(H,24,25)/t15-,16-,17+,18+/m1/s1. The summed E-state index contributed by atoms with van der Waals surface area (Å²) < 4.78 is 0. The Kier molecular flexibility index (Phi) is 4.34. The van der Waals surface area contributed by atoms with Gasteiger partial charge in [-0.05, 0) is 18.3 Å². The second-order valence-corrected chi connectivity index (χ2v) is 7.56. The monoisotopic (exact) mass is 340 g/mol. The van der Waals surface area contributed by atoms with E-state index in [1.165, 1.54) is 10.5 Å². The fourth-order valence-electron chi connectivity index (χ4n) is 4.80. The smallest absolute Gasteiger partial charge is 0.227 e. The quantitative estimate of drug-likeness (QED) is 0.723. The van der Waals surface area contributed by atoms with Crippen LogP contribution in [0.3, 0.4) is 0 Å². The summed E-state index contributed by atoms with van der Waals surface area (Å²) in [6, 6.07) is 10.4. The molecule has 1 aliphatic heterocycles. The highest BCUT2D eigenvalue weighted by atomic mass is 16.4. The number of allylic oxidation sites excluding steroid dienone is 2. The van der Waals surface area contributed by atoms with Gasteiger partial charge in [0.2, 0.25) is 5.91 Å². The van der Waals surface area contributed by atoms with Crippen LogP contribution < -0.4 is 10.0 Å². The molecule has 2 bridgehead atoms. The molecule has 1 amide bonds. The molecule has 1 N–H and O–H groups in total. The third-order valence-electron chi connectivity index (χ3n) is 6.10.